The lowest BCUT2D eigenvalue weighted by Crippen LogP contribution is -2.16. The first-order chi connectivity index (χ1) is 7.01. The van der Waals surface area contributed by atoms with E-state index >= 15 is 0 Å². The van der Waals surface area contributed by atoms with Gasteiger partial charge in [0.05, 0.1) is 12.1 Å². The molecule has 0 amide bonds. The Morgan fingerprint density at radius 2 is 2.00 bits per heavy atom. The minimum Gasteiger partial charge on any atom is -0.495 e. The van der Waals surface area contributed by atoms with Crippen LogP contribution in [0.2, 0.25) is 5.02 Å². The van der Waals surface area contributed by atoms with E-state index in [1.54, 1.807) is 7.11 Å². The minimum atomic E-state index is 0.187. The van der Waals surface area contributed by atoms with Crippen LogP contribution in [0.25, 0.3) is 0 Å². The lowest BCUT2D eigenvalue weighted by atomic mass is 9.81. The van der Waals surface area contributed by atoms with Gasteiger partial charge in [-0.3, -0.25) is 0 Å². The van der Waals surface area contributed by atoms with Gasteiger partial charge in [0.2, 0.25) is 0 Å². The molecule has 0 aromatic heterocycles. The molecule has 1 aromatic carbocycles. The van der Waals surface area contributed by atoms with E-state index in [0.29, 0.717) is 5.02 Å². The molecule has 15 heavy (non-hydrogen) atoms. The zero-order valence-electron chi connectivity index (χ0n) is 9.93. The summed E-state index contributed by atoms with van der Waals surface area (Å²) in [5, 5.41) is 0.675. The summed E-state index contributed by atoms with van der Waals surface area (Å²) in [6, 6.07) is 6.03. The summed E-state index contributed by atoms with van der Waals surface area (Å²) in [6.45, 7) is 6.70. The van der Waals surface area contributed by atoms with Crippen molar-refractivity contribution in [2.24, 2.45) is 0 Å². The molecule has 0 radical (unpaired) electrons. The van der Waals surface area contributed by atoms with E-state index in [9.17, 15) is 0 Å². The SMILES string of the molecule is CCCC(C)(C)c1ccc(Cl)c(OC)c1. The van der Waals surface area contributed by atoms with E-state index in [1.807, 2.05) is 12.1 Å². The Balaban J connectivity index is 3.04. The Labute approximate surface area is 97.4 Å². The Hall–Kier alpha value is -0.690. The highest BCUT2D eigenvalue weighted by Crippen LogP contribution is 2.33. The topological polar surface area (TPSA) is 9.23 Å². The molecule has 1 rings (SSSR count). The van der Waals surface area contributed by atoms with Crippen molar-refractivity contribution in [2.45, 2.75) is 39.0 Å². The van der Waals surface area contributed by atoms with Crippen molar-refractivity contribution in [3.63, 3.8) is 0 Å². The van der Waals surface area contributed by atoms with Gasteiger partial charge in [-0.25, -0.2) is 0 Å². The summed E-state index contributed by atoms with van der Waals surface area (Å²) >= 11 is 6.00. The van der Waals surface area contributed by atoms with Crippen molar-refractivity contribution in [2.75, 3.05) is 7.11 Å². The Kier molecular flexibility index (Phi) is 4.04. The lowest BCUT2D eigenvalue weighted by Gasteiger charge is -2.25. The average molecular weight is 227 g/mol. The predicted octanol–water partition coefficient (Wildman–Crippen LogP) is 4.43. The number of hydrogen-bond donors (Lipinski definition) is 0. The second-order valence-corrected chi connectivity index (χ2v) is 4.89. The van der Waals surface area contributed by atoms with Crippen LogP contribution in [0.15, 0.2) is 18.2 Å². The molecule has 0 heterocycles. The quantitative estimate of drug-likeness (QED) is 0.738. The van der Waals surface area contributed by atoms with Crippen LogP contribution in [0.4, 0.5) is 0 Å². The fraction of sp³-hybridized carbons (Fsp3) is 0.538. The molecule has 0 atom stereocenters. The van der Waals surface area contributed by atoms with Crippen LogP contribution in [0.5, 0.6) is 5.75 Å². The number of ether oxygens (including phenoxy) is 1. The van der Waals surface area contributed by atoms with Gasteiger partial charge in [-0.05, 0) is 29.5 Å². The summed E-state index contributed by atoms with van der Waals surface area (Å²) in [5.74, 6) is 0.762. The van der Waals surface area contributed by atoms with Crippen molar-refractivity contribution < 1.29 is 4.74 Å². The van der Waals surface area contributed by atoms with Gasteiger partial charge in [0.15, 0.2) is 0 Å². The highest BCUT2D eigenvalue weighted by molar-refractivity contribution is 6.32. The van der Waals surface area contributed by atoms with Gasteiger partial charge < -0.3 is 4.74 Å². The monoisotopic (exact) mass is 226 g/mol. The summed E-state index contributed by atoms with van der Waals surface area (Å²) < 4.78 is 5.23. The molecule has 1 nitrogen and oxygen atoms in total. The lowest BCUT2D eigenvalue weighted by molar-refractivity contribution is 0.410. The molecule has 0 bridgehead atoms. The maximum Gasteiger partial charge on any atom is 0.137 e. The van der Waals surface area contributed by atoms with Gasteiger partial charge in [0.25, 0.3) is 0 Å². The third-order valence-corrected chi connectivity index (χ3v) is 3.12. The van der Waals surface area contributed by atoms with Crippen LogP contribution in [0.3, 0.4) is 0 Å². The fourth-order valence-electron chi connectivity index (χ4n) is 1.85. The molecule has 0 saturated heterocycles. The highest BCUT2D eigenvalue weighted by atomic mass is 35.5. The first-order valence-corrected chi connectivity index (χ1v) is 5.73. The molecule has 1 aromatic rings. The molecule has 0 N–H and O–H groups in total. The Bertz CT molecular complexity index is 331. The molecule has 0 spiro atoms. The van der Waals surface area contributed by atoms with E-state index in [1.165, 1.54) is 12.0 Å². The van der Waals surface area contributed by atoms with Crippen LogP contribution in [-0.4, -0.2) is 7.11 Å². The largest absolute Gasteiger partial charge is 0.495 e. The third kappa shape index (κ3) is 2.88. The van der Waals surface area contributed by atoms with Gasteiger partial charge in [-0.2, -0.15) is 0 Å². The number of rotatable bonds is 4. The van der Waals surface area contributed by atoms with Gasteiger partial charge in [-0.1, -0.05) is 44.9 Å². The molecular weight excluding hydrogens is 208 g/mol. The van der Waals surface area contributed by atoms with E-state index in [0.717, 1.165) is 12.2 Å². The molecule has 0 aliphatic rings. The average Bonchev–Trinajstić information content (AvgIpc) is 2.18. The first-order valence-electron chi connectivity index (χ1n) is 5.35. The second kappa shape index (κ2) is 4.89. The Morgan fingerprint density at radius 3 is 2.53 bits per heavy atom. The van der Waals surface area contributed by atoms with E-state index < -0.39 is 0 Å². The zero-order chi connectivity index (χ0) is 11.5. The maximum atomic E-state index is 6.00. The first kappa shape index (κ1) is 12.4. The van der Waals surface area contributed by atoms with E-state index in [-0.39, 0.29) is 5.41 Å². The minimum absolute atomic E-state index is 0.187. The third-order valence-electron chi connectivity index (χ3n) is 2.81. The summed E-state index contributed by atoms with van der Waals surface area (Å²) in [4.78, 5) is 0. The molecule has 0 saturated carbocycles. The Morgan fingerprint density at radius 1 is 1.33 bits per heavy atom. The van der Waals surface area contributed by atoms with Crippen molar-refractivity contribution in [1.29, 1.82) is 0 Å². The number of halogens is 1. The standard InChI is InChI=1S/C13H19ClO/c1-5-8-13(2,3)10-6-7-11(14)12(9-10)15-4/h6-7,9H,5,8H2,1-4H3. The number of methoxy groups -OCH3 is 1. The second-order valence-electron chi connectivity index (χ2n) is 4.48. The van der Waals surface area contributed by atoms with Crippen molar-refractivity contribution in [3.05, 3.63) is 28.8 Å². The van der Waals surface area contributed by atoms with Crippen LogP contribution in [0.1, 0.15) is 39.2 Å². The van der Waals surface area contributed by atoms with Crippen LogP contribution in [-0.2, 0) is 5.41 Å². The van der Waals surface area contributed by atoms with Crippen LogP contribution < -0.4 is 4.74 Å². The van der Waals surface area contributed by atoms with Crippen molar-refractivity contribution >= 4 is 11.6 Å². The molecule has 0 fully saturated rings. The van der Waals surface area contributed by atoms with Gasteiger partial charge >= 0.3 is 0 Å². The van der Waals surface area contributed by atoms with Crippen LogP contribution in [0, 0.1) is 0 Å². The smallest absolute Gasteiger partial charge is 0.137 e. The molecular formula is C13H19ClO. The normalized spacial score (nSPS) is 11.5. The van der Waals surface area contributed by atoms with E-state index in [4.69, 9.17) is 16.3 Å². The molecule has 0 unspecified atom stereocenters. The number of hydrogen-bond acceptors (Lipinski definition) is 1. The molecule has 0 aliphatic heterocycles. The summed E-state index contributed by atoms with van der Waals surface area (Å²) in [6.07, 6.45) is 2.34. The fourth-order valence-corrected chi connectivity index (χ4v) is 2.04. The van der Waals surface area contributed by atoms with Crippen molar-refractivity contribution in [1.82, 2.24) is 0 Å². The van der Waals surface area contributed by atoms with Gasteiger partial charge in [-0.15, -0.1) is 0 Å². The highest BCUT2D eigenvalue weighted by Gasteiger charge is 2.20. The zero-order valence-corrected chi connectivity index (χ0v) is 10.7. The van der Waals surface area contributed by atoms with E-state index in [2.05, 4.69) is 26.8 Å². The summed E-state index contributed by atoms with van der Waals surface area (Å²) in [7, 11) is 1.65. The van der Waals surface area contributed by atoms with Gasteiger partial charge in [0.1, 0.15) is 5.75 Å². The summed E-state index contributed by atoms with van der Waals surface area (Å²) in [5.41, 5.74) is 1.47. The van der Waals surface area contributed by atoms with Crippen molar-refractivity contribution in [3.8, 4) is 5.75 Å². The predicted molar refractivity (Wildman–Crippen MR) is 65.9 cm³/mol. The number of benzene rings is 1. The maximum absolute atomic E-state index is 6.00. The van der Waals surface area contributed by atoms with Crippen LogP contribution >= 0.6 is 11.6 Å². The molecule has 0 aliphatic carbocycles. The molecule has 2 heteroatoms. The van der Waals surface area contributed by atoms with Gasteiger partial charge in [0, 0.05) is 0 Å². The molecule has 84 valence electrons.